The van der Waals surface area contributed by atoms with Crippen LogP contribution < -0.4 is 0 Å². The van der Waals surface area contributed by atoms with E-state index in [1.54, 1.807) is 30.5 Å². The molecule has 5 rings (SSSR count). The standard InChI is InChI=1S/C25H22FN3O2S/c1-32(2,3)24-23(15-4-6-16(7-5-15)25(30)31)20-13-21-17(14-27-28-21)12-22(20)29(24)19-10-8-18(26)9-11-19/h4-14H,1-3H3,(H,27,28)(H,30,31). The van der Waals surface area contributed by atoms with E-state index < -0.39 is 16.0 Å². The Kier molecular flexibility index (Phi) is 4.60. The first-order valence-corrected chi connectivity index (χ1v) is 12.9. The van der Waals surface area contributed by atoms with Gasteiger partial charge in [-0.2, -0.15) is 5.10 Å². The van der Waals surface area contributed by atoms with Crippen molar-refractivity contribution in [3.63, 3.8) is 0 Å². The summed E-state index contributed by atoms with van der Waals surface area (Å²) in [5.41, 5.74) is 5.05. The lowest BCUT2D eigenvalue weighted by molar-refractivity contribution is 0.0697. The highest BCUT2D eigenvalue weighted by Crippen LogP contribution is 2.55. The van der Waals surface area contributed by atoms with E-state index in [0.29, 0.717) is 0 Å². The molecule has 2 aromatic heterocycles. The molecule has 2 heterocycles. The second kappa shape index (κ2) is 7.24. The fraction of sp³-hybridized carbons (Fsp3) is 0.120. The molecule has 162 valence electrons. The second-order valence-corrected chi connectivity index (χ2v) is 12.6. The summed E-state index contributed by atoms with van der Waals surface area (Å²) in [7, 11) is -1.27. The molecule has 2 N–H and O–H groups in total. The quantitative estimate of drug-likeness (QED) is 0.352. The van der Waals surface area contributed by atoms with Crippen LogP contribution in [0.1, 0.15) is 10.4 Å². The number of halogens is 1. The third-order valence-corrected chi connectivity index (χ3v) is 7.12. The van der Waals surface area contributed by atoms with Crippen LogP contribution in [0.3, 0.4) is 0 Å². The molecule has 0 saturated heterocycles. The number of nitrogens with one attached hydrogen (secondary N) is 1. The first-order chi connectivity index (χ1) is 15.2. The molecule has 0 aliphatic rings. The van der Waals surface area contributed by atoms with Gasteiger partial charge in [-0.3, -0.25) is 5.10 Å². The Morgan fingerprint density at radius 1 is 1.03 bits per heavy atom. The number of hydrogen-bond donors (Lipinski definition) is 2. The summed E-state index contributed by atoms with van der Waals surface area (Å²) in [6.45, 7) is 0. The van der Waals surface area contributed by atoms with E-state index in [0.717, 1.165) is 43.6 Å². The SMILES string of the molecule is CS(C)(C)c1c(-c2ccc(C(=O)O)cc2)c2cc3[nH]ncc3cc2n1-c1ccc(F)cc1. The van der Waals surface area contributed by atoms with Crippen LogP contribution in [0, 0.1) is 5.82 Å². The Morgan fingerprint density at radius 3 is 2.34 bits per heavy atom. The van der Waals surface area contributed by atoms with Gasteiger partial charge < -0.3 is 9.67 Å². The van der Waals surface area contributed by atoms with Gasteiger partial charge in [0.1, 0.15) is 5.82 Å². The number of benzene rings is 3. The minimum atomic E-state index is -1.27. The normalized spacial score (nSPS) is 12.5. The molecule has 3 aromatic carbocycles. The first-order valence-electron chi connectivity index (χ1n) is 10.0. The summed E-state index contributed by atoms with van der Waals surface area (Å²) < 4.78 is 15.9. The van der Waals surface area contributed by atoms with E-state index in [-0.39, 0.29) is 11.4 Å². The van der Waals surface area contributed by atoms with Crippen molar-refractivity contribution in [3.05, 3.63) is 78.2 Å². The van der Waals surface area contributed by atoms with Crippen LogP contribution in [0.25, 0.3) is 38.6 Å². The predicted molar refractivity (Wildman–Crippen MR) is 129 cm³/mol. The van der Waals surface area contributed by atoms with Crippen LogP contribution in [0.4, 0.5) is 4.39 Å². The van der Waals surface area contributed by atoms with E-state index in [4.69, 9.17) is 0 Å². The monoisotopic (exact) mass is 447 g/mol. The fourth-order valence-corrected chi connectivity index (χ4v) is 5.78. The van der Waals surface area contributed by atoms with Gasteiger partial charge in [-0.1, -0.05) is 12.1 Å². The minimum Gasteiger partial charge on any atom is -0.478 e. The van der Waals surface area contributed by atoms with E-state index in [9.17, 15) is 14.3 Å². The molecule has 0 spiro atoms. The van der Waals surface area contributed by atoms with Gasteiger partial charge in [-0.05, 0) is 72.9 Å². The van der Waals surface area contributed by atoms with Crippen molar-refractivity contribution in [1.29, 1.82) is 0 Å². The second-order valence-electron chi connectivity index (χ2n) is 8.54. The maximum Gasteiger partial charge on any atom is 0.335 e. The van der Waals surface area contributed by atoms with Crippen molar-refractivity contribution >= 4 is 37.8 Å². The number of carbonyl (C=O) groups is 1. The molecule has 0 radical (unpaired) electrons. The van der Waals surface area contributed by atoms with Crippen molar-refractivity contribution in [1.82, 2.24) is 14.8 Å². The van der Waals surface area contributed by atoms with Gasteiger partial charge in [0.25, 0.3) is 0 Å². The third-order valence-electron chi connectivity index (χ3n) is 5.57. The Hall–Kier alpha value is -3.58. The van der Waals surface area contributed by atoms with Gasteiger partial charge in [-0.25, -0.2) is 19.2 Å². The summed E-state index contributed by atoms with van der Waals surface area (Å²) in [4.78, 5) is 11.4. The van der Waals surface area contributed by atoms with Crippen LogP contribution in [-0.2, 0) is 0 Å². The van der Waals surface area contributed by atoms with Crippen LogP contribution in [0.5, 0.6) is 0 Å². The lowest BCUT2D eigenvalue weighted by Crippen LogP contribution is -2.05. The van der Waals surface area contributed by atoms with Crippen LogP contribution in [-0.4, -0.2) is 44.6 Å². The topological polar surface area (TPSA) is 70.9 Å². The maximum absolute atomic E-state index is 13.7. The zero-order chi connectivity index (χ0) is 22.6. The van der Waals surface area contributed by atoms with Crippen molar-refractivity contribution in [2.75, 3.05) is 18.8 Å². The Morgan fingerprint density at radius 2 is 1.72 bits per heavy atom. The summed E-state index contributed by atoms with van der Waals surface area (Å²) in [6, 6.07) is 17.7. The Bertz CT molecular complexity index is 1480. The van der Waals surface area contributed by atoms with Crippen molar-refractivity contribution in [2.45, 2.75) is 5.03 Å². The van der Waals surface area contributed by atoms with Crippen LogP contribution in [0.2, 0.25) is 0 Å². The summed E-state index contributed by atoms with van der Waals surface area (Å²) in [6.07, 6.45) is 8.47. The average molecular weight is 448 g/mol. The molecule has 7 heteroatoms. The summed E-state index contributed by atoms with van der Waals surface area (Å²) in [5, 5.41) is 19.7. The lowest BCUT2D eigenvalue weighted by atomic mass is 10.0. The molecule has 0 atom stereocenters. The predicted octanol–water partition coefficient (Wildman–Crippen LogP) is 6.06. The van der Waals surface area contributed by atoms with Gasteiger partial charge in [0.15, 0.2) is 0 Å². The van der Waals surface area contributed by atoms with E-state index in [2.05, 4.69) is 45.7 Å². The Labute approximate surface area is 185 Å². The number of aromatic carboxylic acids is 1. The number of hydrogen-bond acceptors (Lipinski definition) is 2. The van der Waals surface area contributed by atoms with Crippen molar-refractivity contribution in [3.8, 4) is 16.8 Å². The maximum atomic E-state index is 13.7. The molecular weight excluding hydrogens is 425 g/mol. The highest BCUT2D eigenvalue weighted by atomic mass is 32.3. The molecule has 5 aromatic rings. The summed E-state index contributed by atoms with van der Waals surface area (Å²) in [5.74, 6) is -1.23. The van der Waals surface area contributed by atoms with E-state index in [1.165, 1.54) is 12.1 Å². The van der Waals surface area contributed by atoms with Gasteiger partial charge in [-0.15, -0.1) is 0 Å². The number of carboxylic acid groups (broad SMARTS) is 1. The van der Waals surface area contributed by atoms with Crippen molar-refractivity contribution in [2.24, 2.45) is 0 Å². The minimum absolute atomic E-state index is 0.247. The fourth-order valence-electron chi connectivity index (χ4n) is 4.19. The molecular formula is C25H22FN3O2S. The number of nitrogens with zero attached hydrogens (tertiary/aromatic N) is 2. The zero-order valence-corrected chi connectivity index (χ0v) is 18.7. The molecule has 0 amide bonds. The number of H-pyrrole nitrogens is 1. The highest BCUT2D eigenvalue weighted by Gasteiger charge is 2.26. The van der Waals surface area contributed by atoms with Crippen LogP contribution >= 0.6 is 10.0 Å². The molecule has 0 bridgehead atoms. The number of aromatic amines is 1. The molecule has 0 saturated carbocycles. The number of rotatable bonds is 4. The van der Waals surface area contributed by atoms with Crippen molar-refractivity contribution < 1.29 is 14.3 Å². The average Bonchev–Trinajstić information content (AvgIpc) is 3.34. The Balaban J connectivity index is 1.93. The zero-order valence-electron chi connectivity index (χ0n) is 17.9. The third kappa shape index (κ3) is 3.26. The van der Waals surface area contributed by atoms with Gasteiger partial charge in [0.05, 0.1) is 27.8 Å². The molecule has 0 fully saturated rings. The molecule has 32 heavy (non-hydrogen) atoms. The molecule has 5 nitrogen and oxygen atoms in total. The van der Waals surface area contributed by atoms with Gasteiger partial charge in [0, 0.05) is 22.0 Å². The van der Waals surface area contributed by atoms with E-state index >= 15 is 0 Å². The van der Waals surface area contributed by atoms with Crippen LogP contribution in [0.15, 0.2) is 71.9 Å². The molecule has 0 unspecified atom stereocenters. The van der Waals surface area contributed by atoms with Gasteiger partial charge in [0.2, 0.25) is 0 Å². The number of carboxylic acids is 1. The van der Waals surface area contributed by atoms with E-state index in [1.807, 2.05) is 12.1 Å². The number of aromatic nitrogens is 3. The van der Waals surface area contributed by atoms with Gasteiger partial charge >= 0.3 is 5.97 Å². The summed E-state index contributed by atoms with van der Waals surface area (Å²) >= 11 is 0. The number of fused-ring (bicyclic) bond motifs is 2. The lowest BCUT2D eigenvalue weighted by Gasteiger charge is -2.29. The molecule has 0 aliphatic heterocycles. The first kappa shape index (κ1) is 20.3. The molecule has 0 aliphatic carbocycles. The smallest absolute Gasteiger partial charge is 0.335 e. The largest absolute Gasteiger partial charge is 0.478 e. The highest BCUT2D eigenvalue weighted by molar-refractivity contribution is 8.32.